The molecule has 0 aliphatic carbocycles. The molecule has 0 spiro atoms. The van der Waals surface area contributed by atoms with Gasteiger partial charge in [-0.3, -0.25) is 4.79 Å². The average molecular weight is 293 g/mol. The number of phenolic OH excluding ortho intramolecular Hbond substituents is 2. The maximum atomic E-state index is 13.0. The van der Waals surface area contributed by atoms with Crippen LogP contribution in [0.5, 0.6) is 11.5 Å². The summed E-state index contributed by atoms with van der Waals surface area (Å²) in [6.07, 6.45) is -0.00438. The van der Waals surface area contributed by atoms with Crippen molar-refractivity contribution in [2.45, 2.75) is 13.3 Å². The van der Waals surface area contributed by atoms with Crippen molar-refractivity contribution in [1.29, 1.82) is 0 Å². The van der Waals surface area contributed by atoms with Gasteiger partial charge in [-0.2, -0.15) is 0 Å². The first-order chi connectivity index (χ1) is 7.34. The van der Waals surface area contributed by atoms with E-state index in [2.05, 4.69) is 15.9 Å². The van der Waals surface area contributed by atoms with Crippen LogP contribution in [0.3, 0.4) is 0 Å². The molecule has 1 unspecified atom stereocenters. The zero-order valence-corrected chi connectivity index (χ0v) is 9.95. The standard InChI is InChI=1S/C10H10BrFO4/c1-4(10(15)16)2-5-6(11)3-7(12)9(14)8(5)13/h3-4,13-14H,2H2,1H3,(H,15,16). The Morgan fingerprint density at radius 3 is 2.56 bits per heavy atom. The Balaban J connectivity index is 3.14. The van der Waals surface area contributed by atoms with E-state index in [4.69, 9.17) is 10.2 Å². The lowest BCUT2D eigenvalue weighted by Crippen LogP contribution is -2.12. The Morgan fingerprint density at radius 1 is 1.50 bits per heavy atom. The number of phenols is 2. The fraction of sp³-hybridized carbons (Fsp3) is 0.300. The molecule has 0 saturated carbocycles. The van der Waals surface area contributed by atoms with Crippen LogP contribution >= 0.6 is 15.9 Å². The van der Waals surface area contributed by atoms with E-state index in [1.54, 1.807) is 0 Å². The molecule has 0 saturated heterocycles. The molecule has 88 valence electrons. The van der Waals surface area contributed by atoms with Gasteiger partial charge in [0.25, 0.3) is 0 Å². The molecule has 0 aliphatic heterocycles. The number of rotatable bonds is 3. The molecule has 1 aromatic carbocycles. The Labute approximate surface area is 99.5 Å². The van der Waals surface area contributed by atoms with Gasteiger partial charge in [-0.25, -0.2) is 4.39 Å². The summed E-state index contributed by atoms with van der Waals surface area (Å²) >= 11 is 3.01. The molecule has 16 heavy (non-hydrogen) atoms. The van der Waals surface area contributed by atoms with Crippen LogP contribution in [0.4, 0.5) is 4.39 Å². The summed E-state index contributed by atoms with van der Waals surface area (Å²) in [6, 6.07) is 0.985. The number of aliphatic carboxylic acids is 1. The van der Waals surface area contributed by atoms with Gasteiger partial charge >= 0.3 is 5.97 Å². The average Bonchev–Trinajstić information content (AvgIpc) is 2.20. The number of carboxylic acids is 1. The molecule has 1 aromatic rings. The topological polar surface area (TPSA) is 77.8 Å². The van der Waals surface area contributed by atoms with Crippen LogP contribution in [0.15, 0.2) is 10.5 Å². The fourth-order valence-corrected chi connectivity index (χ4v) is 1.77. The molecular weight excluding hydrogens is 283 g/mol. The molecule has 0 radical (unpaired) electrons. The van der Waals surface area contributed by atoms with Crippen LogP contribution in [0.1, 0.15) is 12.5 Å². The zero-order valence-electron chi connectivity index (χ0n) is 8.37. The van der Waals surface area contributed by atoms with Gasteiger partial charge in [-0.1, -0.05) is 22.9 Å². The number of aromatic hydroxyl groups is 2. The smallest absolute Gasteiger partial charge is 0.306 e. The highest BCUT2D eigenvalue weighted by molar-refractivity contribution is 9.10. The molecule has 0 heterocycles. The number of carbonyl (C=O) groups is 1. The first kappa shape index (κ1) is 12.8. The number of hydrogen-bond donors (Lipinski definition) is 3. The van der Waals surface area contributed by atoms with Gasteiger partial charge in [0.15, 0.2) is 17.3 Å². The van der Waals surface area contributed by atoms with Crippen LogP contribution in [0, 0.1) is 11.7 Å². The summed E-state index contributed by atoms with van der Waals surface area (Å²) in [4.78, 5) is 10.6. The maximum absolute atomic E-state index is 13.0. The van der Waals surface area contributed by atoms with Gasteiger partial charge in [0.1, 0.15) is 0 Å². The summed E-state index contributed by atoms with van der Waals surface area (Å²) in [7, 11) is 0. The van der Waals surface area contributed by atoms with E-state index in [0.29, 0.717) is 0 Å². The lowest BCUT2D eigenvalue weighted by Gasteiger charge is -2.11. The predicted molar refractivity (Wildman–Crippen MR) is 57.9 cm³/mol. The molecule has 1 atom stereocenters. The van der Waals surface area contributed by atoms with Crippen molar-refractivity contribution in [3.8, 4) is 11.5 Å². The summed E-state index contributed by atoms with van der Waals surface area (Å²) in [5.74, 6) is -4.23. The van der Waals surface area contributed by atoms with Crippen LogP contribution in [0.25, 0.3) is 0 Å². The fourth-order valence-electron chi connectivity index (χ4n) is 1.22. The maximum Gasteiger partial charge on any atom is 0.306 e. The minimum atomic E-state index is -1.03. The van der Waals surface area contributed by atoms with E-state index >= 15 is 0 Å². The van der Waals surface area contributed by atoms with Crippen molar-refractivity contribution in [3.05, 3.63) is 21.9 Å². The third-order valence-corrected chi connectivity index (χ3v) is 2.92. The molecule has 6 heteroatoms. The highest BCUT2D eigenvalue weighted by Crippen LogP contribution is 2.38. The lowest BCUT2D eigenvalue weighted by molar-refractivity contribution is -0.141. The van der Waals surface area contributed by atoms with Crippen molar-refractivity contribution in [2.24, 2.45) is 5.92 Å². The molecular formula is C10H10BrFO4. The van der Waals surface area contributed by atoms with E-state index < -0.39 is 29.2 Å². The highest BCUT2D eigenvalue weighted by Gasteiger charge is 2.20. The molecule has 3 N–H and O–H groups in total. The SMILES string of the molecule is CC(Cc1c(Br)cc(F)c(O)c1O)C(=O)O. The van der Waals surface area contributed by atoms with E-state index in [-0.39, 0.29) is 16.5 Å². The van der Waals surface area contributed by atoms with Gasteiger partial charge in [-0.05, 0) is 12.5 Å². The van der Waals surface area contributed by atoms with E-state index in [1.165, 1.54) is 6.92 Å². The van der Waals surface area contributed by atoms with Gasteiger partial charge in [0.2, 0.25) is 0 Å². The Morgan fingerprint density at radius 2 is 2.06 bits per heavy atom. The molecule has 4 nitrogen and oxygen atoms in total. The van der Waals surface area contributed by atoms with Crippen LogP contribution < -0.4 is 0 Å². The van der Waals surface area contributed by atoms with Gasteiger partial charge in [0.05, 0.1) is 5.92 Å². The highest BCUT2D eigenvalue weighted by atomic mass is 79.9. The molecule has 0 amide bonds. The van der Waals surface area contributed by atoms with Crippen molar-refractivity contribution in [2.75, 3.05) is 0 Å². The second-order valence-electron chi connectivity index (χ2n) is 3.46. The Kier molecular flexibility index (Phi) is 3.74. The Hall–Kier alpha value is -1.30. The van der Waals surface area contributed by atoms with Crippen LogP contribution in [0.2, 0.25) is 0 Å². The summed E-state index contributed by atoms with van der Waals surface area (Å²) in [5.41, 5.74) is 0.175. The number of benzene rings is 1. The quantitative estimate of drug-likeness (QED) is 0.747. The second-order valence-corrected chi connectivity index (χ2v) is 4.31. The molecule has 1 rings (SSSR count). The van der Waals surface area contributed by atoms with Gasteiger partial charge in [0, 0.05) is 10.0 Å². The first-order valence-corrected chi connectivity index (χ1v) is 5.25. The van der Waals surface area contributed by atoms with Crippen molar-refractivity contribution < 1.29 is 24.5 Å². The summed E-state index contributed by atoms with van der Waals surface area (Å²) < 4.78 is 13.2. The second kappa shape index (κ2) is 4.69. The minimum Gasteiger partial charge on any atom is -0.504 e. The first-order valence-electron chi connectivity index (χ1n) is 4.46. The summed E-state index contributed by atoms with van der Waals surface area (Å²) in [6.45, 7) is 1.45. The van der Waals surface area contributed by atoms with Crippen molar-refractivity contribution in [3.63, 3.8) is 0 Å². The molecule has 0 aliphatic rings. The predicted octanol–water partition coefficient (Wildman–Crippen LogP) is 2.26. The monoisotopic (exact) mass is 292 g/mol. The molecule has 0 aromatic heterocycles. The third kappa shape index (κ3) is 2.44. The number of hydrogen-bond acceptors (Lipinski definition) is 3. The number of carboxylic acid groups (broad SMARTS) is 1. The minimum absolute atomic E-state index is 0.00438. The van der Waals surface area contributed by atoms with Crippen molar-refractivity contribution >= 4 is 21.9 Å². The van der Waals surface area contributed by atoms with Gasteiger partial charge in [-0.15, -0.1) is 0 Å². The molecule has 0 fully saturated rings. The van der Waals surface area contributed by atoms with Gasteiger partial charge < -0.3 is 15.3 Å². The van der Waals surface area contributed by atoms with E-state index in [9.17, 15) is 14.3 Å². The zero-order chi connectivity index (χ0) is 12.5. The Bertz CT molecular complexity index is 433. The van der Waals surface area contributed by atoms with Crippen LogP contribution in [-0.4, -0.2) is 21.3 Å². The lowest BCUT2D eigenvalue weighted by atomic mass is 10.00. The van der Waals surface area contributed by atoms with E-state index in [0.717, 1.165) is 6.07 Å². The number of halogens is 2. The normalized spacial score (nSPS) is 12.4. The third-order valence-electron chi connectivity index (χ3n) is 2.21. The van der Waals surface area contributed by atoms with Crippen LogP contribution in [-0.2, 0) is 11.2 Å². The molecule has 0 bridgehead atoms. The largest absolute Gasteiger partial charge is 0.504 e. The van der Waals surface area contributed by atoms with E-state index in [1.807, 2.05) is 0 Å². The summed E-state index contributed by atoms with van der Waals surface area (Å²) in [5, 5.41) is 27.4. The van der Waals surface area contributed by atoms with Crippen molar-refractivity contribution in [1.82, 2.24) is 0 Å².